The van der Waals surface area contributed by atoms with E-state index < -0.39 is 0 Å². The first-order valence-electron chi connectivity index (χ1n) is 11.5. The highest BCUT2D eigenvalue weighted by molar-refractivity contribution is 5.97. The molecule has 8 heteroatoms. The molecular formula is C26H30N6O2. The molecule has 1 atom stereocenters. The van der Waals surface area contributed by atoms with Crippen molar-refractivity contribution in [3.8, 4) is 5.75 Å². The van der Waals surface area contributed by atoms with Gasteiger partial charge in [-0.3, -0.25) is 4.79 Å². The average Bonchev–Trinajstić information content (AvgIpc) is 2.88. The minimum atomic E-state index is -0.371. The number of dihydropyridines is 1. The van der Waals surface area contributed by atoms with E-state index in [4.69, 9.17) is 4.74 Å². The number of fused-ring (bicyclic) bond motifs is 1. The number of ether oxygens (including phenoxy) is 1. The van der Waals surface area contributed by atoms with Crippen LogP contribution in [0.15, 0.2) is 70.7 Å². The van der Waals surface area contributed by atoms with Gasteiger partial charge in [0.05, 0.1) is 24.6 Å². The SMILES string of the molecule is CCC/C=N/N=C/C1=CC=CC(NC(=O)c2cc3c(cc2OC)CCN(c2ccccn2)C3)N1. The highest BCUT2D eigenvalue weighted by Crippen LogP contribution is 2.29. The highest BCUT2D eigenvalue weighted by Gasteiger charge is 2.23. The smallest absolute Gasteiger partial charge is 0.256 e. The number of methoxy groups -OCH3 is 1. The van der Waals surface area contributed by atoms with Crippen LogP contribution in [0.25, 0.3) is 0 Å². The van der Waals surface area contributed by atoms with Gasteiger partial charge < -0.3 is 20.3 Å². The Morgan fingerprint density at radius 3 is 3.03 bits per heavy atom. The number of hydrogen-bond donors (Lipinski definition) is 2. The maximum atomic E-state index is 13.2. The number of carbonyl (C=O) groups is 1. The maximum Gasteiger partial charge on any atom is 0.256 e. The van der Waals surface area contributed by atoms with Crippen molar-refractivity contribution in [2.75, 3.05) is 18.6 Å². The number of amides is 1. The van der Waals surface area contributed by atoms with Crippen LogP contribution in [0.2, 0.25) is 0 Å². The lowest BCUT2D eigenvalue weighted by molar-refractivity contribution is 0.0937. The van der Waals surface area contributed by atoms with Gasteiger partial charge >= 0.3 is 0 Å². The maximum absolute atomic E-state index is 13.2. The summed E-state index contributed by atoms with van der Waals surface area (Å²) in [7, 11) is 1.59. The largest absolute Gasteiger partial charge is 0.496 e. The number of pyridine rings is 1. The Hall–Kier alpha value is -3.94. The topological polar surface area (TPSA) is 91.2 Å². The summed E-state index contributed by atoms with van der Waals surface area (Å²) in [4.78, 5) is 19.9. The molecule has 4 rings (SSSR count). The number of anilines is 1. The van der Waals surface area contributed by atoms with Crippen LogP contribution in [-0.2, 0) is 13.0 Å². The van der Waals surface area contributed by atoms with Gasteiger partial charge in [-0.25, -0.2) is 4.98 Å². The second-order valence-corrected chi connectivity index (χ2v) is 8.11. The molecule has 0 saturated carbocycles. The molecule has 0 spiro atoms. The molecule has 0 aliphatic carbocycles. The number of aromatic nitrogens is 1. The fourth-order valence-corrected chi connectivity index (χ4v) is 3.93. The number of hydrogen-bond acceptors (Lipinski definition) is 7. The van der Waals surface area contributed by atoms with Gasteiger partial charge in [-0.1, -0.05) is 25.5 Å². The number of nitrogens with zero attached hydrogens (tertiary/aromatic N) is 4. The molecule has 0 saturated heterocycles. The normalized spacial score (nSPS) is 17.4. The second-order valence-electron chi connectivity index (χ2n) is 8.11. The number of nitrogens with one attached hydrogen (secondary N) is 2. The first-order valence-corrected chi connectivity index (χ1v) is 11.5. The Bertz CT molecular complexity index is 1120. The molecule has 1 amide bonds. The Kier molecular flexibility index (Phi) is 7.70. The third-order valence-corrected chi connectivity index (χ3v) is 5.70. The monoisotopic (exact) mass is 458 g/mol. The van der Waals surface area contributed by atoms with Gasteiger partial charge in [0.2, 0.25) is 0 Å². The lowest BCUT2D eigenvalue weighted by atomic mass is 9.96. The van der Waals surface area contributed by atoms with Crippen LogP contribution in [-0.4, -0.2) is 43.1 Å². The van der Waals surface area contributed by atoms with Crippen molar-refractivity contribution in [3.63, 3.8) is 0 Å². The van der Waals surface area contributed by atoms with Gasteiger partial charge in [0, 0.05) is 25.5 Å². The summed E-state index contributed by atoms with van der Waals surface area (Å²) in [5.74, 6) is 1.30. The van der Waals surface area contributed by atoms with Gasteiger partial charge in [-0.2, -0.15) is 10.2 Å². The summed E-state index contributed by atoms with van der Waals surface area (Å²) in [6, 6.07) is 9.82. The lowest BCUT2D eigenvalue weighted by Crippen LogP contribution is -2.45. The molecule has 1 unspecified atom stereocenters. The molecule has 0 bridgehead atoms. The fourth-order valence-electron chi connectivity index (χ4n) is 3.93. The minimum Gasteiger partial charge on any atom is -0.496 e. The first-order chi connectivity index (χ1) is 16.7. The number of rotatable bonds is 8. The molecule has 0 fully saturated rings. The van der Waals surface area contributed by atoms with Crippen LogP contribution in [0.3, 0.4) is 0 Å². The number of benzene rings is 1. The Balaban J connectivity index is 1.45. The van der Waals surface area contributed by atoms with Crippen molar-refractivity contribution in [1.29, 1.82) is 0 Å². The molecular weight excluding hydrogens is 428 g/mol. The molecule has 1 aromatic carbocycles. The van der Waals surface area contributed by atoms with Crippen LogP contribution in [0.5, 0.6) is 5.75 Å². The Morgan fingerprint density at radius 1 is 1.32 bits per heavy atom. The van der Waals surface area contributed by atoms with Crippen LogP contribution in [0.4, 0.5) is 5.82 Å². The molecule has 8 nitrogen and oxygen atoms in total. The van der Waals surface area contributed by atoms with Crippen molar-refractivity contribution in [1.82, 2.24) is 15.6 Å². The molecule has 1 aromatic heterocycles. The summed E-state index contributed by atoms with van der Waals surface area (Å²) < 4.78 is 5.57. The van der Waals surface area contributed by atoms with E-state index in [0.717, 1.165) is 42.9 Å². The number of carbonyl (C=O) groups excluding carboxylic acids is 1. The van der Waals surface area contributed by atoms with E-state index in [9.17, 15) is 4.79 Å². The lowest BCUT2D eigenvalue weighted by Gasteiger charge is -2.30. The standard InChI is InChI=1S/C26H30N6O2/c1-3-4-13-28-29-17-21-8-7-9-24(30-21)31-26(33)22-15-20-18-32(25-10-5-6-12-27-25)14-11-19(20)16-23(22)34-2/h5-10,12-13,15-17,24,30H,3-4,11,14,18H2,1-2H3,(H,31,33)/b28-13+,29-17+. The van der Waals surface area contributed by atoms with Crippen LogP contribution < -0.4 is 20.3 Å². The second kappa shape index (κ2) is 11.3. The quantitative estimate of drug-likeness (QED) is 0.466. The Morgan fingerprint density at radius 2 is 2.24 bits per heavy atom. The third-order valence-electron chi connectivity index (χ3n) is 5.70. The number of unbranched alkanes of at least 4 members (excludes halogenated alkanes) is 1. The summed E-state index contributed by atoms with van der Waals surface area (Å²) in [6.07, 6.45) is 13.3. The Labute approximate surface area is 200 Å². The van der Waals surface area contributed by atoms with Gasteiger partial charge in [0.15, 0.2) is 0 Å². The fraction of sp³-hybridized carbons (Fsp3) is 0.308. The molecule has 34 heavy (non-hydrogen) atoms. The van der Waals surface area contributed by atoms with E-state index >= 15 is 0 Å². The van der Waals surface area contributed by atoms with Gasteiger partial charge in [-0.15, -0.1) is 0 Å². The number of allylic oxidation sites excluding steroid dienone is 3. The van der Waals surface area contributed by atoms with Crippen molar-refractivity contribution in [2.45, 2.75) is 38.9 Å². The van der Waals surface area contributed by atoms with Crippen LogP contribution in [0, 0.1) is 0 Å². The zero-order valence-corrected chi connectivity index (χ0v) is 19.6. The summed E-state index contributed by atoms with van der Waals surface area (Å²) in [5.41, 5.74) is 3.58. The van der Waals surface area contributed by atoms with E-state index in [1.807, 2.05) is 48.6 Å². The predicted octanol–water partition coefficient (Wildman–Crippen LogP) is 3.61. The molecule has 3 heterocycles. The predicted molar refractivity (Wildman–Crippen MR) is 135 cm³/mol. The van der Waals surface area contributed by atoms with Gasteiger partial charge in [0.25, 0.3) is 5.91 Å². The molecule has 2 aromatic rings. The van der Waals surface area contributed by atoms with Crippen molar-refractivity contribution < 1.29 is 9.53 Å². The average molecular weight is 459 g/mol. The molecule has 2 aliphatic heterocycles. The first kappa shape index (κ1) is 23.2. The van der Waals surface area contributed by atoms with E-state index in [0.29, 0.717) is 17.9 Å². The molecule has 2 N–H and O–H groups in total. The van der Waals surface area contributed by atoms with Crippen molar-refractivity contribution in [2.24, 2.45) is 10.2 Å². The zero-order valence-electron chi connectivity index (χ0n) is 19.6. The van der Waals surface area contributed by atoms with Gasteiger partial charge in [-0.05, 0) is 60.4 Å². The third kappa shape index (κ3) is 5.70. The van der Waals surface area contributed by atoms with E-state index in [2.05, 4.69) is 37.6 Å². The zero-order chi connectivity index (χ0) is 23.8. The molecule has 0 radical (unpaired) electrons. The summed E-state index contributed by atoms with van der Waals surface area (Å²) >= 11 is 0. The summed E-state index contributed by atoms with van der Waals surface area (Å²) in [6.45, 7) is 3.65. The highest BCUT2D eigenvalue weighted by atomic mass is 16.5. The molecule has 176 valence electrons. The minimum absolute atomic E-state index is 0.212. The van der Waals surface area contributed by atoms with Crippen molar-refractivity contribution >= 4 is 24.2 Å². The van der Waals surface area contributed by atoms with Gasteiger partial charge in [0.1, 0.15) is 17.7 Å². The molecule has 2 aliphatic rings. The van der Waals surface area contributed by atoms with E-state index in [1.54, 1.807) is 25.7 Å². The summed E-state index contributed by atoms with van der Waals surface area (Å²) in [5, 5.41) is 14.3. The van der Waals surface area contributed by atoms with Crippen LogP contribution in [0.1, 0.15) is 41.3 Å². The van der Waals surface area contributed by atoms with E-state index in [-0.39, 0.29) is 12.1 Å². The van der Waals surface area contributed by atoms with Crippen molar-refractivity contribution in [3.05, 3.63) is 77.1 Å². The van der Waals surface area contributed by atoms with Crippen LogP contribution >= 0.6 is 0 Å². The van der Waals surface area contributed by atoms with E-state index in [1.165, 1.54) is 5.56 Å².